The Bertz CT molecular complexity index is 511. The standard InChI is InChI=1S/C16H23N3/c1-4-5-6-14-7-9-16(10-8-14)19-12-15(11-17-3)13(2)18-19/h7-10,12,17H,4-6,11H2,1-3H3. The van der Waals surface area contributed by atoms with Crippen molar-refractivity contribution in [3.8, 4) is 5.69 Å². The second-order valence-corrected chi connectivity index (χ2v) is 4.98. The molecular formula is C16H23N3. The van der Waals surface area contributed by atoms with Crippen LogP contribution in [0.3, 0.4) is 0 Å². The minimum atomic E-state index is 0.862. The van der Waals surface area contributed by atoms with Gasteiger partial charge in [-0.3, -0.25) is 0 Å². The summed E-state index contributed by atoms with van der Waals surface area (Å²) in [5, 5.41) is 7.74. The number of aromatic nitrogens is 2. The number of unbranched alkanes of at least 4 members (excludes halogenated alkanes) is 1. The maximum atomic E-state index is 4.57. The largest absolute Gasteiger partial charge is 0.316 e. The van der Waals surface area contributed by atoms with E-state index in [0.717, 1.165) is 17.9 Å². The van der Waals surface area contributed by atoms with Gasteiger partial charge in [-0.25, -0.2) is 4.68 Å². The first-order chi connectivity index (χ1) is 9.24. The third kappa shape index (κ3) is 3.44. The predicted octanol–water partition coefficient (Wildman–Crippen LogP) is 3.24. The average molecular weight is 257 g/mol. The highest BCUT2D eigenvalue weighted by molar-refractivity contribution is 5.35. The van der Waals surface area contributed by atoms with Crippen molar-refractivity contribution < 1.29 is 0 Å². The van der Waals surface area contributed by atoms with Crippen LogP contribution in [0.15, 0.2) is 30.5 Å². The van der Waals surface area contributed by atoms with Gasteiger partial charge in [0, 0.05) is 18.3 Å². The first kappa shape index (κ1) is 13.8. The summed E-state index contributed by atoms with van der Waals surface area (Å²) >= 11 is 0. The van der Waals surface area contributed by atoms with Gasteiger partial charge in [0.25, 0.3) is 0 Å². The lowest BCUT2D eigenvalue weighted by Gasteiger charge is -2.03. The number of nitrogens with one attached hydrogen (secondary N) is 1. The van der Waals surface area contributed by atoms with Crippen LogP contribution in [0.2, 0.25) is 0 Å². The van der Waals surface area contributed by atoms with Crippen LogP contribution in [0.1, 0.15) is 36.6 Å². The van der Waals surface area contributed by atoms with E-state index in [1.165, 1.54) is 30.4 Å². The van der Waals surface area contributed by atoms with E-state index in [-0.39, 0.29) is 0 Å². The van der Waals surface area contributed by atoms with Crippen LogP contribution in [0, 0.1) is 6.92 Å². The molecule has 0 radical (unpaired) electrons. The van der Waals surface area contributed by atoms with E-state index >= 15 is 0 Å². The van der Waals surface area contributed by atoms with Gasteiger partial charge in [-0.15, -0.1) is 0 Å². The Morgan fingerprint density at radius 2 is 1.95 bits per heavy atom. The van der Waals surface area contributed by atoms with Crippen molar-refractivity contribution in [2.75, 3.05) is 7.05 Å². The smallest absolute Gasteiger partial charge is 0.0645 e. The molecule has 3 heteroatoms. The fourth-order valence-electron chi connectivity index (χ4n) is 2.19. The summed E-state index contributed by atoms with van der Waals surface area (Å²) in [7, 11) is 1.96. The summed E-state index contributed by atoms with van der Waals surface area (Å²) in [6.07, 6.45) is 5.77. The second-order valence-electron chi connectivity index (χ2n) is 4.98. The lowest BCUT2D eigenvalue weighted by atomic mass is 10.1. The molecule has 0 spiro atoms. The van der Waals surface area contributed by atoms with Crippen LogP contribution >= 0.6 is 0 Å². The molecule has 2 rings (SSSR count). The Hall–Kier alpha value is -1.61. The number of rotatable bonds is 6. The highest BCUT2D eigenvalue weighted by Gasteiger charge is 2.05. The molecule has 0 atom stereocenters. The molecule has 0 unspecified atom stereocenters. The van der Waals surface area contributed by atoms with Gasteiger partial charge in [0.05, 0.1) is 11.4 Å². The molecule has 0 amide bonds. The Kier molecular flexibility index (Phi) is 4.74. The number of hydrogen-bond acceptors (Lipinski definition) is 2. The van der Waals surface area contributed by atoms with Gasteiger partial charge in [-0.2, -0.15) is 5.10 Å². The van der Waals surface area contributed by atoms with E-state index in [2.05, 4.69) is 54.7 Å². The zero-order valence-corrected chi connectivity index (χ0v) is 12.1. The zero-order chi connectivity index (χ0) is 13.7. The van der Waals surface area contributed by atoms with Crippen LogP contribution in [-0.2, 0) is 13.0 Å². The maximum Gasteiger partial charge on any atom is 0.0645 e. The van der Waals surface area contributed by atoms with Gasteiger partial charge >= 0.3 is 0 Å². The molecule has 0 aliphatic rings. The lowest BCUT2D eigenvalue weighted by Crippen LogP contribution is -2.05. The minimum Gasteiger partial charge on any atom is -0.316 e. The van der Waals surface area contributed by atoms with Gasteiger partial charge in [-0.1, -0.05) is 25.5 Å². The fraction of sp³-hybridized carbons (Fsp3) is 0.438. The molecule has 0 saturated heterocycles. The van der Waals surface area contributed by atoms with Gasteiger partial charge in [-0.05, 0) is 44.5 Å². The van der Waals surface area contributed by atoms with Gasteiger partial charge < -0.3 is 5.32 Å². The predicted molar refractivity (Wildman–Crippen MR) is 79.7 cm³/mol. The van der Waals surface area contributed by atoms with Gasteiger partial charge in [0.15, 0.2) is 0 Å². The molecule has 1 heterocycles. The third-order valence-electron chi connectivity index (χ3n) is 3.39. The van der Waals surface area contributed by atoms with Crippen molar-refractivity contribution in [1.29, 1.82) is 0 Å². The second kappa shape index (κ2) is 6.53. The Labute approximate surface area is 115 Å². The highest BCUT2D eigenvalue weighted by atomic mass is 15.3. The van der Waals surface area contributed by atoms with E-state index < -0.39 is 0 Å². The monoisotopic (exact) mass is 257 g/mol. The van der Waals surface area contributed by atoms with Crippen molar-refractivity contribution in [3.05, 3.63) is 47.3 Å². The Balaban J connectivity index is 2.15. The summed E-state index contributed by atoms with van der Waals surface area (Å²) in [5.74, 6) is 0. The highest BCUT2D eigenvalue weighted by Crippen LogP contribution is 2.14. The van der Waals surface area contributed by atoms with Crippen LogP contribution in [0.5, 0.6) is 0 Å². The minimum absolute atomic E-state index is 0.862. The molecule has 0 bridgehead atoms. The van der Waals surface area contributed by atoms with E-state index in [1.54, 1.807) is 0 Å². The summed E-state index contributed by atoms with van der Waals surface area (Å²) in [4.78, 5) is 0. The summed E-state index contributed by atoms with van der Waals surface area (Å²) in [6, 6.07) is 8.72. The van der Waals surface area contributed by atoms with Crippen molar-refractivity contribution in [1.82, 2.24) is 15.1 Å². The molecule has 102 valence electrons. The quantitative estimate of drug-likeness (QED) is 0.861. The number of aryl methyl sites for hydroxylation is 2. The molecule has 0 aliphatic carbocycles. The molecule has 1 N–H and O–H groups in total. The van der Waals surface area contributed by atoms with E-state index in [4.69, 9.17) is 0 Å². The normalized spacial score (nSPS) is 10.9. The molecule has 1 aromatic carbocycles. The first-order valence-corrected chi connectivity index (χ1v) is 7.03. The Morgan fingerprint density at radius 1 is 1.21 bits per heavy atom. The third-order valence-corrected chi connectivity index (χ3v) is 3.39. The molecular weight excluding hydrogens is 234 g/mol. The average Bonchev–Trinajstić information content (AvgIpc) is 2.79. The van der Waals surface area contributed by atoms with Crippen LogP contribution in [0.25, 0.3) is 5.69 Å². The van der Waals surface area contributed by atoms with E-state index in [1.807, 2.05) is 11.7 Å². The zero-order valence-electron chi connectivity index (χ0n) is 12.1. The first-order valence-electron chi connectivity index (χ1n) is 7.03. The van der Waals surface area contributed by atoms with Gasteiger partial charge in [0.1, 0.15) is 0 Å². The van der Waals surface area contributed by atoms with Crippen molar-refractivity contribution in [3.63, 3.8) is 0 Å². The molecule has 3 nitrogen and oxygen atoms in total. The molecule has 0 saturated carbocycles. The fourth-order valence-corrected chi connectivity index (χ4v) is 2.19. The van der Waals surface area contributed by atoms with Gasteiger partial charge in [0.2, 0.25) is 0 Å². The Morgan fingerprint density at radius 3 is 2.58 bits per heavy atom. The van der Waals surface area contributed by atoms with Crippen LogP contribution in [-0.4, -0.2) is 16.8 Å². The number of nitrogens with zero attached hydrogens (tertiary/aromatic N) is 2. The topological polar surface area (TPSA) is 29.9 Å². The van der Waals surface area contributed by atoms with Crippen LogP contribution in [0.4, 0.5) is 0 Å². The lowest BCUT2D eigenvalue weighted by molar-refractivity contribution is 0.793. The molecule has 0 fully saturated rings. The van der Waals surface area contributed by atoms with Crippen molar-refractivity contribution in [2.45, 2.75) is 39.7 Å². The molecule has 19 heavy (non-hydrogen) atoms. The SMILES string of the molecule is CCCCc1ccc(-n2cc(CNC)c(C)n2)cc1. The van der Waals surface area contributed by atoms with E-state index in [9.17, 15) is 0 Å². The molecule has 2 aromatic rings. The summed E-state index contributed by atoms with van der Waals surface area (Å²) < 4.78 is 1.96. The maximum absolute atomic E-state index is 4.57. The van der Waals surface area contributed by atoms with Crippen molar-refractivity contribution in [2.24, 2.45) is 0 Å². The summed E-state index contributed by atoms with van der Waals surface area (Å²) in [5.41, 5.74) is 4.87. The number of benzene rings is 1. The van der Waals surface area contributed by atoms with Crippen molar-refractivity contribution >= 4 is 0 Å². The number of hydrogen-bond donors (Lipinski definition) is 1. The molecule has 1 aromatic heterocycles. The molecule has 0 aliphatic heterocycles. The van der Waals surface area contributed by atoms with E-state index in [0.29, 0.717) is 0 Å². The van der Waals surface area contributed by atoms with Crippen LogP contribution < -0.4 is 5.32 Å². The summed E-state index contributed by atoms with van der Waals surface area (Å²) in [6.45, 7) is 5.14.